The van der Waals surface area contributed by atoms with Crippen LogP contribution in [0, 0.1) is 0 Å². The minimum absolute atomic E-state index is 0.285. The molecule has 0 radical (unpaired) electrons. The maximum atomic E-state index is 10.9. The van der Waals surface area contributed by atoms with Crippen molar-refractivity contribution in [2.75, 3.05) is 6.61 Å². The van der Waals surface area contributed by atoms with E-state index in [4.69, 9.17) is 0 Å². The molecule has 5 heteroatoms. The summed E-state index contributed by atoms with van der Waals surface area (Å²) in [5.41, 5.74) is -1.17. The van der Waals surface area contributed by atoms with Crippen molar-refractivity contribution in [1.29, 1.82) is 0 Å². The minimum Gasteiger partial charge on any atom is -0.449 e. The molecule has 0 spiro atoms. The number of cyclic esters (lactones) is 1. The minimum atomic E-state index is -1.17. The summed E-state index contributed by atoms with van der Waals surface area (Å²) in [7, 11) is 0. The number of hydrogen-bond donors (Lipinski definition) is 3. The van der Waals surface area contributed by atoms with Crippen LogP contribution in [0.15, 0.2) is 0 Å². The number of hydrogen-bond acceptors (Lipinski definition) is 4. The Morgan fingerprint density at radius 2 is 2.43 bits per heavy atom. The molecule has 1 amide bonds. The van der Waals surface area contributed by atoms with Crippen molar-refractivity contribution in [3.05, 3.63) is 0 Å². The molecule has 14 heavy (non-hydrogen) atoms. The maximum absolute atomic E-state index is 10.9. The molecule has 0 aromatic heterocycles. The lowest BCUT2D eigenvalue weighted by Gasteiger charge is -2.35. The largest absolute Gasteiger partial charge is 0.449 e. The number of rotatable bonds is 3. The first-order valence-electron chi connectivity index (χ1n) is 4.81. The van der Waals surface area contributed by atoms with Gasteiger partial charge in [-0.25, -0.2) is 4.79 Å². The third-order valence-electron chi connectivity index (χ3n) is 2.70. The van der Waals surface area contributed by atoms with Crippen molar-refractivity contribution >= 4 is 6.09 Å². The molecule has 0 bridgehead atoms. The van der Waals surface area contributed by atoms with Crippen LogP contribution >= 0.6 is 0 Å². The molecule has 3 atom stereocenters. The summed E-state index contributed by atoms with van der Waals surface area (Å²) in [6.07, 6.45) is -0.544. The van der Waals surface area contributed by atoms with E-state index in [0.29, 0.717) is 12.8 Å². The lowest BCUT2D eigenvalue weighted by molar-refractivity contribution is -0.0859. The highest BCUT2D eigenvalue weighted by molar-refractivity contribution is 5.68. The number of nitrogens with one attached hydrogen (secondary N) is 1. The van der Waals surface area contributed by atoms with Crippen molar-refractivity contribution in [2.45, 2.75) is 44.4 Å². The first-order chi connectivity index (χ1) is 6.47. The van der Waals surface area contributed by atoms with E-state index >= 15 is 0 Å². The molecule has 1 saturated heterocycles. The molecule has 82 valence electrons. The van der Waals surface area contributed by atoms with Crippen molar-refractivity contribution in [2.24, 2.45) is 0 Å². The van der Waals surface area contributed by atoms with Crippen LogP contribution < -0.4 is 5.32 Å². The highest BCUT2D eigenvalue weighted by atomic mass is 16.6. The summed E-state index contributed by atoms with van der Waals surface area (Å²) < 4.78 is 4.66. The summed E-state index contributed by atoms with van der Waals surface area (Å²) in [6, 6.07) is -0.425. The summed E-state index contributed by atoms with van der Waals surface area (Å²) in [5.74, 6) is 0. The molecular weight excluding hydrogens is 186 g/mol. The third-order valence-corrected chi connectivity index (χ3v) is 2.70. The van der Waals surface area contributed by atoms with Gasteiger partial charge in [-0.2, -0.15) is 0 Å². The molecule has 5 nitrogen and oxygen atoms in total. The summed E-state index contributed by atoms with van der Waals surface area (Å²) in [4.78, 5) is 10.9. The second-order valence-corrected chi connectivity index (χ2v) is 3.83. The highest BCUT2D eigenvalue weighted by Gasteiger charge is 2.37. The Bertz CT molecular complexity index is 217. The van der Waals surface area contributed by atoms with Gasteiger partial charge in [0.1, 0.15) is 6.10 Å². The maximum Gasteiger partial charge on any atom is 0.407 e. The monoisotopic (exact) mass is 203 g/mol. The van der Waals surface area contributed by atoms with Crippen molar-refractivity contribution in [3.8, 4) is 0 Å². The fourth-order valence-corrected chi connectivity index (χ4v) is 1.42. The summed E-state index contributed by atoms with van der Waals surface area (Å²) >= 11 is 0. The lowest BCUT2D eigenvalue weighted by atomic mass is 9.89. The van der Waals surface area contributed by atoms with Crippen LogP contribution in [0.25, 0.3) is 0 Å². The first kappa shape index (κ1) is 11.3. The van der Waals surface area contributed by atoms with E-state index in [0.717, 1.165) is 0 Å². The molecule has 3 N–H and O–H groups in total. The van der Waals surface area contributed by atoms with Gasteiger partial charge in [-0.05, 0) is 13.3 Å². The van der Waals surface area contributed by atoms with Crippen LogP contribution in [-0.4, -0.2) is 40.7 Å². The Balaban J connectivity index is 2.59. The van der Waals surface area contributed by atoms with Crippen molar-refractivity contribution in [3.63, 3.8) is 0 Å². The Hall–Kier alpha value is -0.810. The smallest absolute Gasteiger partial charge is 0.407 e. The second-order valence-electron chi connectivity index (χ2n) is 3.83. The molecule has 0 saturated carbocycles. The fourth-order valence-electron chi connectivity index (χ4n) is 1.42. The number of aliphatic hydroxyl groups excluding tert-OH is 1. The SMILES string of the molecule is CC[C@@](C)(O)[C@@H](O)[C@@H]1CCOC(=O)N1. The average Bonchev–Trinajstić information content (AvgIpc) is 2.16. The normalized spacial score (nSPS) is 28.6. The molecule has 0 aliphatic carbocycles. The molecule has 1 aliphatic heterocycles. The van der Waals surface area contributed by atoms with Crippen LogP contribution in [0.3, 0.4) is 0 Å². The Kier molecular flexibility index (Phi) is 3.34. The van der Waals surface area contributed by atoms with E-state index in [2.05, 4.69) is 10.1 Å². The van der Waals surface area contributed by atoms with Crippen LogP contribution in [0.1, 0.15) is 26.7 Å². The zero-order chi connectivity index (χ0) is 10.8. The Morgan fingerprint density at radius 3 is 2.93 bits per heavy atom. The molecule has 1 fully saturated rings. The van der Waals surface area contributed by atoms with E-state index < -0.39 is 23.8 Å². The Labute approximate surface area is 83.1 Å². The molecule has 0 aromatic rings. The predicted molar refractivity (Wildman–Crippen MR) is 49.8 cm³/mol. The Morgan fingerprint density at radius 1 is 1.79 bits per heavy atom. The van der Waals surface area contributed by atoms with Crippen LogP contribution in [0.4, 0.5) is 4.79 Å². The fraction of sp³-hybridized carbons (Fsp3) is 0.889. The van der Waals surface area contributed by atoms with Gasteiger partial charge in [-0.3, -0.25) is 0 Å². The van der Waals surface area contributed by atoms with Crippen LogP contribution in [-0.2, 0) is 4.74 Å². The molecule has 1 rings (SSSR count). The lowest BCUT2D eigenvalue weighted by Crippen LogP contribution is -2.56. The number of carbonyl (C=O) groups excluding carboxylic acids is 1. The quantitative estimate of drug-likeness (QED) is 0.603. The number of alkyl carbamates (subject to hydrolysis) is 1. The van der Waals surface area contributed by atoms with Gasteiger partial charge in [0.15, 0.2) is 0 Å². The van der Waals surface area contributed by atoms with Gasteiger partial charge in [0, 0.05) is 6.42 Å². The summed E-state index contributed by atoms with van der Waals surface area (Å²) in [5, 5.41) is 22.1. The molecule has 0 aromatic carbocycles. The van der Waals surface area contributed by atoms with Crippen LogP contribution in [0.5, 0.6) is 0 Å². The van der Waals surface area contributed by atoms with Gasteiger partial charge < -0.3 is 20.3 Å². The predicted octanol–water partition coefficient (Wildman–Crippen LogP) is 0.00680. The highest BCUT2D eigenvalue weighted by Crippen LogP contribution is 2.20. The van der Waals surface area contributed by atoms with Gasteiger partial charge in [0.05, 0.1) is 18.2 Å². The van der Waals surface area contributed by atoms with Crippen molar-refractivity contribution in [1.82, 2.24) is 5.32 Å². The molecule has 1 aliphatic rings. The standard InChI is InChI=1S/C9H17NO4/c1-3-9(2,13)7(11)6-4-5-14-8(12)10-6/h6-7,11,13H,3-5H2,1-2H3,(H,10,12)/t6-,7-,9+/m0/s1. The van der Waals surface area contributed by atoms with E-state index in [-0.39, 0.29) is 6.61 Å². The third kappa shape index (κ3) is 2.36. The average molecular weight is 203 g/mol. The number of carbonyl (C=O) groups is 1. The molecule has 1 heterocycles. The second kappa shape index (κ2) is 4.14. The number of amides is 1. The van der Waals surface area contributed by atoms with Crippen molar-refractivity contribution < 1.29 is 19.7 Å². The van der Waals surface area contributed by atoms with Gasteiger partial charge in [0.25, 0.3) is 0 Å². The van der Waals surface area contributed by atoms with E-state index in [1.165, 1.54) is 0 Å². The zero-order valence-electron chi connectivity index (χ0n) is 8.49. The van der Waals surface area contributed by atoms with Gasteiger partial charge in [-0.1, -0.05) is 6.92 Å². The van der Waals surface area contributed by atoms with Gasteiger partial charge >= 0.3 is 6.09 Å². The number of ether oxygens (including phenoxy) is 1. The molecule has 0 unspecified atom stereocenters. The van der Waals surface area contributed by atoms with E-state index in [9.17, 15) is 15.0 Å². The van der Waals surface area contributed by atoms with E-state index in [1.54, 1.807) is 13.8 Å². The van der Waals surface area contributed by atoms with Gasteiger partial charge in [0.2, 0.25) is 0 Å². The number of aliphatic hydroxyl groups is 2. The topological polar surface area (TPSA) is 78.8 Å². The van der Waals surface area contributed by atoms with E-state index in [1.807, 2.05) is 0 Å². The summed E-state index contributed by atoms with van der Waals surface area (Å²) in [6.45, 7) is 3.62. The first-order valence-corrected chi connectivity index (χ1v) is 4.81. The van der Waals surface area contributed by atoms with Gasteiger partial charge in [-0.15, -0.1) is 0 Å². The van der Waals surface area contributed by atoms with Crippen LogP contribution in [0.2, 0.25) is 0 Å². The zero-order valence-corrected chi connectivity index (χ0v) is 8.49. The molecular formula is C9H17NO4.